The molecule has 0 bridgehead atoms. The van der Waals surface area contributed by atoms with Crippen molar-refractivity contribution in [3.05, 3.63) is 71.8 Å². The van der Waals surface area contributed by atoms with Crippen LogP contribution in [0.5, 0.6) is 0 Å². The van der Waals surface area contributed by atoms with Gasteiger partial charge in [0.2, 0.25) is 0 Å². The lowest BCUT2D eigenvalue weighted by Gasteiger charge is -2.01. The van der Waals surface area contributed by atoms with Crippen molar-refractivity contribution in [3.8, 4) is 0 Å². The molecular weight excluding hydrogens is 259 g/mol. The lowest BCUT2D eigenvalue weighted by molar-refractivity contribution is 0.343. The Kier molecular flexibility index (Phi) is 7.68. The van der Waals surface area contributed by atoms with Crippen LogP contribution in [0.3, 0.4) is 0 Å². The van der Waals surface area contributed by atoms with Crippen molar-refractivity contribution in [2.24, 2.45) is 0 Å². The Morgan fingerprint density at radius 3 is 1.47 bits per heavy atom. The summed E-state index contributed by atoms with van der Waals surface area (Å²) in [5.74, 6) is 0. The Balaban J connectivity index is 0.000000312. The zero-order chi connectivity index (χ0) is 13.9. The molecule has 0 aromatic heterocycles. The average Bonchev–Trinajstić information content (AvgIpc) is 2.48. The Morgan fingerprint density at radius 2 is 1.21 bits per heavy atom. The van der Waals surface area contributed by atoms with Gasteiger partial charge in [0.15, 0.2) is 0 Å². The molecule has 100 valence electrons. The third-order valence-corrected chi connectivity index (χ3v) is 2.86. The van der Waals surface area contributed by atoms with Crippen LogP contribution >= 0.6 is 8.25 Å². The minimum absolute atomic E-state index is 1.13. The van der Waals surface area contributed by atoms with Gasteiger partial charge in [-0.15, -0.1) is 9.42 Å². The van der Waals surface area contributed by atoms with Crippen LogP contribution in [0.1, 0.15) is 11.1 Å². The van der Waals surface area contributed by atoms with Gasteiger partial charge in [-0.1, -0.05) is 60.7 Å². The normalized spacial score (nSPS) is 10.3. The highest BCUT2D eigenvalue weighted by molar-refractivity contribution is 7.32. The molecule has 1 N–H and O–H groups in total. The van der Waals surface area contributed by atoms with Crippen molar-refractivity contribution in [1.82, 2.24) is 0 Å². The summed E-state index contributed by atoms with van der Waals surface area (Å²) < 4.78 is 13.1. The van der Waals surface area contributed by atoms with Gasteiger partial charge in [0.1, 0.15) is 0 Å². The number of rotatable bonds is 4. The van der Waals surface area contributed by atoms with E-state index in [2.05, 4.69) is 65.2 Å². The van der Waals surface area contributed by atoms with E-state index in [0.29, 0.717) is 0 Å². The minimum atomic E-state index is -2.35. The molecule has 4 heteroatoms. The van der Waals surface area contributed by atoms with E-state index in [4.69, 9.17) is 4.89 Å². The Morgan fingerprint density at radius 1 is 0.895 bits per heavy atom. The molecule has 3 nitrogen and oxygen atoms in total. The number of aryl methyl sites for hydroxylation is 2. The van der Waals surface area contributed by atoms with Crippen LogP contribution in [0.4, 0.5) is 0 Å². The molecule has 0 saturated heterocycles. The topological polar surface area (TPSA) is 46.5 Å². The highest BCUT2D eigenvalue weighted by Crippen LogP contribution is 2.09. The first kappa shape index (κ1) is 15.5. The maximum atomic E-state index is 9.29. The summed E-state index contributed by atoms with van der Waals surface area (Å²) in [6, 6.07) is 21.2. The monoisotopic (exact) mass is 277 g/mol. The first-order valence-electron chi connectivity index (χ1n) is 6.00. The third kappa shape index (κ3) is 7.47. The van der Waals surface area contributed by atoms with E-state index in [1.165, 1.54) is 18.2 Å². The molecule has 0 aliphatic heterocycles. The van der Waals surface area contributed by atoms with Crippen LogP contribution in [-0.4, -0.2) is 12.0 Å². The van der Waals surface area contributed by atoms with E-state index < -0.39 is 8.25 Å². The standard InChI is InChI=1S/C14H14.CH3O3P/c1-3-7-13(8-4-1)11-12-14-9-5-2-6-10-14;1-4-5(2)3/h1-10H,11-12H2;1H3/p+1. The molecule has 1 unspecified atom stereocenters. The highest BCUT2D eigenvalue weighted by Gasteiger charge is 2.02. The van der Waals surface area contributed by atoms with E-state index in [9.17, 15) is 4.57 Å². The van der Waals surface area contributed by atoms with Crippen LogP contribution in [0.25, 0.3) is 0 Å². The van der Waals surface area contributed by atoms with Crippen molar-refractivity contribution in [3.63, 3.8) is 0 Å². The maximum Gasteiger partial charge on any atom is 0.694 e. The molecule has 1 atom stereocenters. The summed E-state index contributed by atoms with van der Waals surface area (Å²) in [5, 5.41) is 0. The predicted octanol–water partition coefficient (Wildman–Crippen LogP) is 3.75. The van der Waals surface area contributed by atoms with Crippen molar-refractivity contribution < 1.29 is 14.0 Å². The van der Waals surface area contributed by atoms with Gasteiger partial charge < -0.3 is 0 Å². The van der Waals surface area contributed by atoms with Crippen LogP contribution < -0.4 is 0 Å². The van der Waals surface area contributed by atoms with Gasteiger partial charge >= 0.3 is 8.25 Å². The van der Waals surface area contributed by atoms with Gasteiger partial charge in [-0.05, 0) is 24.0 Å². The molecule has 2 rings (SSSR count). The molecule has 0 spiro atoms. The zero-order valence-corrected chi connectivity index (χ0v) is 11.8. The number of hydrogen-bond donors (Lipinski definition) is 1. The van der Waals surface area contributed by atoms with Crippen LogP contribution in [-0.2, 0) is 21.9 Å². The number of hydrogen-bond acceptors (Lipinski definition) is 2. The summed E-state index contributed by atoms with van der Waals surface area (Å²) in [5.41, 5.74) is 2.83. The van der Waals surface area contributed by atoms with E-state index in [1.54, 1.807) is 0 Å². The third-order valence-electron chi connectivity index (χ3n) is 2.54. The lowest BCUT2D eigenvalue weighted by Crippen LogP contribution is -1.89. The molecule has 0 fully saturated rings. The molecule has 0 heterocycles. The lowest BCUT2D eigenvalue weighted by atomic mass is 10.0. The van der Waals surface area contributed by atoms with E-state index >= 15 is 0 Å². The Hall–Kier alpha value is -1.54. The predicted molar refractivity (Wildman–Crippen MR) is 77.1 cm³/mol. The average molecular weight is 277 g/mol. The summed E-state index contributed by atoms with van der Waals surface area (Å²) in [7, 11) is -1.18. The van der Waals surface area contributed by atoms with Gasteiger partial charge in [-0.2, -0.15) is 0 Å². The maximum absolute atomic E-state index is 9.29. The molecule has 2 aromatic rings. The van der Waals surface area contributed by atoms with Crippen molar-refractivity contribution in [2.75, 3.05) is 7.11 Å². The van der Waals surface area contributed by atoms with Gasteiger partial charge in [0.25, 0.3) is 0 Å². The zero-order valence-electron chi connectivity index (χ0n) is 10.9. The fourth-order valence-corrected chi connectivity index (χ4v) is 1.58. The first-order valence-corrected chi connectivity index (χ1v) is 7.13. The highest BCUT2D eigenvalue weighted by atomic mass is 31.1. The Labute approximate surface area is 114 Å². The Bertz CT molecular complexity index is 432. The second-order valence-corrected chi connectivity index (χ2v) is 4.73. The van der Waals surface area contributed by atoms with E-state index in [0.717, 1.165) is 12.8 Å². The fourth-order valence-electron chi connectivity index (χ4n) is 1.58. The van der Waals surface area contributed by atoms with Gasteiger partial charge in [-0.3, -0.25) is 0 Å². The summed E-state index contributed by atoms with van der Waals surface area (Å²) in [6.45, 7) is 0. The van der Waals surface area contributed by atoms with Crippen LogP contribution in [0.2, 0.25) is 0 Å². The second-order valence-electron chi connectivity index (χ2n) is 3.89. The molecule has 0 radical (unpaired) electrons. The van der Waals surface area contributed by atoms with Gasteiger partial charge in [0, 0.05) is 4.57 Å². The molecule has 0 amide bonds. The quantitative estimate of drug-likeness (QED) is 0.866. The van der Waals surface area contributed by atoms with Gasteiger partial charge in [-0.25, -0.2) is 0 Å². The largest absolute Gasteiger partial charge is 0.694 e. The molecule has 19 heavy (non-hydrogen) atoms. The van der Waals surface area contributed by atoms with Crippen molar-refractivity contribution >= 4 is 8.25 Å². The minimum Gasteiger partial charge on any atom is -0.133 e. The second kappa shape index (κ2) is 9.40. The molecule has 0 aliphatic carbocycles. The first-order chi connectivity index (χ1) is 9.22. The van der Waals surface area contributed by atoms with E-state index in [1.807, 2.05) is 0 Å². The molecular formula is C15H18O3P+. The summed E-state index contributed by atoms with van der Waals surface area (Å²) >= 11 is 0. The molecule has 0 aliphatic rings. The van der Waals surface area contributed by atoms with E-state index in [-0.39, 0.29) is 0 Å². The molecule has 0 saturated carbocycles. The molecule has 2 aromatic carbocycles. The smallest absolute Gasteiger partial charge is 0.133 e. The summed E-state index contributed by atoms with van der Waals surface area (Å²) in [6.07, 6.45) is 2.26. The summed E-state index contributed by atoms with van der Waals surface area (Å²) in [4.78, 5) is 7.65. The van der Waals surface area contributed by atoms with Gasteiger partial charge in [0.05, 0.1) is 7.11 Å². The fraction of sp³-hybridized carbons (Fsp3) is 0.200. The van der Waals surface area contributed by atoms with Crippen molar-refractivity contribution in [2.45, 2.75) is 12.8 Å². The van der Waals surface area contributed by atoms with Crippen molar-refractivity contribution in [1.29, 1.82) is 0 Å². The van der Waals surface area contributed by atoms with Crippen LogP contribution in [0.15, 0.2) is 60.7 Å². The number of benzene rings is 2. The SMILES string of the molecule is CO[P+](=O)O.c1ccc(CCc2ccccc2)cc1. The van der Waals surface area contributed by atoms with Crippen LogP contribution in [0, 0.1) is 0 Å².